The van der Waals surface area contributed by atoms with Gasteiger partial charge in [0.1, 0.15) is 0 Å². The molecule has 9 heavy (non-hydrogen) atoms. The Morgan fingerprint density at radius 3 is 1.89 bits per heavy atom. The molecule has 1 aliphatic heterocycles. The molecule has 1 heterocycles. The number of hydrogen-bond donors (Lipinski definition) is 2. The Bertz CT molecular complexity index is 102. The highest BCUT2D eigenvalue weighted by Gasteiger charge is 2.19. The third kappa shape index (κ3) is 10.9. The first-order valence-electron chi connectivity index (χ1n) is 2.03. The van der Waals surface area contributed by atoms with Crippen LogP contribution < -0.4 is 0 Å². The average molecular weight is 134 g/mol. The third-order valence-electron chi connectivity index (χ3n) is 0.400. The summed E-state index contributed by atoms with van der Waals surface area (Å²) in [5.74, 6) is 0. The number of hydrogen-bond acceptors (Lipinski definition) is 3. The van der Waals surface area contributed by atoms with Gasteiger partial charge in [-0.2, -0.15) is 9.78 Å². The second-order valence-corrected chi connectivity index (χ2v) is 1.08. The first-order chi connectivity index (χ1) is 4.16. The molecule has 1 aliphatic rings. The van der Waals surface area contributed by atoms with Crippen molar-refractivity contribution >= 4 is 6.16 Å². The molecule has 0 unspecified atom stereocenters. The van der Waals surface area contributed by atoms with Gasteiger partial charge in [0.25, 0.3) is 0 Å². The molecule has 1 fully saturated rings. The van der Waals surface area contributed by atoms with Crippen LogP contribution in [-0.2, 0) is 9.78 Å². The fraction of sp³-hybridized carbons (Fsp3) is 0.250. The summed E-state index contributed by atoms with van der Waals surface area (Å²) in [7, 11) is 0. The van der Waals surface area contributed by atoms with Crippen molar-refractivity contribution in [2.75, 3.05) is 0 Å². The van der Waals surface area contributed by atoms with Gasteiger partial charge in [-0.15, -0.1) is 0 Å². The van der Waals surface area contributed by atoms with E-state index in [0.29, 0.717) is 0 Å². The van der Waals surface area contributed by atoms with Crippen molar-refractivity contribution in [3.63, 3.8) is 0 Å². The van der Waals surface area contributed by atoms with Crippen molar-refractivity contribution in [3.05, 3.63) is 12.7 Å². The molecular weight excluding hydrogens is 128 g/mol. The van der Waals surface area contributed by atoms with Crippen LogP contribution in [0.4, 0.5) is 4.79 Å². The smallest absolute Gasteiger partial charge is 0.450 e. The Morgan fingerprint density at radius 2 is 1.89 bits per heavy atom. The zero-order chi connectivity index (χ0) is 7.28. The maximum absolute atomic E-state index is 8.56. The Balaban J connectivity index is 0.000000148. The molecule has 5 nitrogen and oxygen atoms in total. The van der Waals surface area contributed by atoms with Gasteiger partial charge in [-0.05, 0) is 6.08 Å². The largest absolute Gasteiger partial charge is 0.503 e. The SMILES string of the molecule is C=CC1OO1.O=C(O)O. The zero-order valence-electron chi connectivity index (χ0n) is 4.48. The fourth-order valence-corrected chi connectivity index (χ4v) is 0.111. The van der Waals surface area contributed by atoms with E-state index in [-0.39, 0.29) is 6.29 Å². The van der Waals surface area contributed by atoms with Gasteiger partial charge < -0.3 is 10.2 Å². The summed E-state index contributed by atoms with van der Waals surface area (Å²) in [6.07, 6.45) is -0.352. The zero-order valence-corrected chi connectivity index (χ0v) is 4.48. The molecule has 2 N–H and O–H groups in total. The standard InChI is InChI=1S/C3H4O2.CH2O3/c1-2-3-4-5-3;2-1(3)4/h2-3H,1H2;(H2,2,3,4). The molecule has 0 aromatic carbocycles. The van der Waals surface area contributed by atoms with Crippen LogP contribution in [0.1, 0.15) is 0 Å². The van der Waals surface area contributed by atoms with Crippen LogP contribution in [0.15, 0.2) is 12.7 Å². The minimum Gasteiger partial charge on any atom is -0.450 e. The van der Waals surface area contributed by atoms with Crippen LogP contribution in [0.25, 0.3) is 0 Å². The van der Waals surface area contributed by atoms with Gasteiger partial charge in [-0.3, -0.25) is 0 Å². The normalized spacial score (nSPS) is 15.1. The number of rotatable bonds is 1. The second kappa shape index (κ2) is 3.88. The highest BCUT2D eigenvalue weighted by Crippen LogP contribution is 2.10. The topological polar surface area (TPSA) is 82.6 Å². The molecule has 1 saturated heterocycles. The van der Waals surface area contributed by atoms with Crippen LogP contribution in [-0.4, -0.2) is 22.7 Å². The Hall–Kier alpha value is -1.07. The van der Waals surface area contributed by atoms with Crippen LogP contribution in [0.5, 0.6) is 0 Å². The van der Waals surface area contributed by atoms with Crippen molar-refractivity contribution in [2.24, 2.45) is 0 Å². The van der Waals surface area contributed by atoms with E-state index < -0.39 is 6.16 Å². The van der Waals surface area contributed by atoms with Crippen molar-refractivity contribution in [3.8, 4) is 0 Å². The molecular formula is C4H6O5. The average Bonchev–Trinajstić information content (AvgIpc) is 2.43. The molecule has 0 spiro atoms. The molecule has 0 aromatic rings. The molecule has 0 saturated carbocycles. The van der Waals surface area contributed by atoms with Gasteiger partial charge in [0.05, 0.1) is 0 Å². The third-order valence-corrected chi connectivity index (χ3v) is 0.400. The lowest BCUT2D eigenvalue weighted by Gasteiger charge is -1.60. The summed E-state index contributed by atoms with van der Waals surface area (Å²) >= 11 is 0. The maximum atomic E-state index is 8.56. The maximum Gasteiger partial charge on any atom is 0.503 e. The highest BCUT2D eigenvalue weighted by atomic mass is 17.4. The van der Waals surface area contributed by atoms with Crippen LogP contribution in [0, 0.1) is 0 Å². The van der Waals surface area contributed by atoms with Crippen LogP contribution >= 0.6 is 0 Å². The molecule has 0 atom stereocenters. The first kappa shape index (κ1) is 7.93. The summed E-state index contributed by atoms with van der Waals surface area (Å²) in [4.78, 5) is 17.0. The van der Waals surface area contributed by atoms with E-state index in [9.17, 15) is 0 Å². The number of carbonyl (C=O) groups is 1. The monoisotopic (exact) mass is 134 g/mol. The van der Waals surface area contributed by atoms with E-state index in [1.807, 2.05) is 0 Å². The molecule has 0 aromatic heterocycles. The van der Waals surface area contributed by atoms with E-state index in [4.69, 9.17) is 15.0 Å². The fourth-order valence-electron chi connectivity index (χ4n) is 0.111. The van der Waals surface area contributed by atoms with Crippen molar-refractivity contribution in [1.82, 2.24) is 0 Å². The Labute approximate surface area is 51.1 Å². The summed E-state index contributed by atoms with van der Waals surface area (Å²) in [6.45, 7) is 3.37. The molecule has 0 bridgehead atoms. The molecule has 0 radical (unpaired) electrons. The van der Waals surface area contributed by atoms with Gasteiger partial charge in [-0.25, -0.2) is 4.79 Å². The summed E-state index contributed by atoms with van der Waals surface area (Å²) in [6, 6.07) is 0. The highest BCUT2D eigenvalue weighted by molar-refractivity contribution is 5.53. The van der Waals surface area contributed by atoms with E-state index >= 15 is 0 Å². The minimum atomic E-state index is -1.83. The quantitative estimate of drug-likeness (QED) is 0.313. The van der Waals surface area contributed by atoms with Crippen molar-refractivity contribution in [1.29, 1.82) is 0 Å². The summed E-state index contributed by atoms with van der Waals surface area (Å²) < 4.78 is 0. The van der Waals surface area contributed by atoms with Gasteiger partial charge in [0, 0.05) is 0 Å². The predicted molar refractivity (Wildman–Crippen MR) is 26.8 cm³/mol. The number of carboxylic acid groups (broad SMARTS) is 2. The van der Waals surface area contributed by atoms with Crippen LogP contribution in [0.2, 0.25) is 0 Å². The Morgan fingerprint density at radius 1 is 1.56 bits per heavy atom. The van der Waals surface area contributed by atoms with E-state index in [1.165, 1.54) is 0 Å². The molecule has 1 rings (SSSR count). The van der Waals surface area contributed by atoms with E-state index in [1.54, 1.807) is 6.08 Å². The minimum absolute atomic E-state index is 0.102. The van der Waals surface area contributed by atoms with Gasteiger partial charge in [0.2, 0.25) is 6.29 Å². The molecule has 0 aliphatic carbocycles. The second-order valence-electron chi connectivity index (χ2n) is 1.08. The lowest BCUT2D eigenvalue weighted by Crippen LogP contribution is -1.81. The summed E-state index contributed by atoms with van der Waals surface area (Å²) in [5.41, 5.74) is 0. The molecule has 52 valence electrons. The summed E-state index contributed by atoms with van der Waals surface area (Å²) in [5, 5.41) is 13.9. The first-order valence-corrected chi connectivity index (χ1v) is 2.03. The van der Waals surface area contributed by atoms with E-state index in [2.05, 4.69) is 16.4 Å². The van der Waals surface area contributed by atoms with E-state index in [0.717, 1.165) is 0 Å². The lowest BCUT2D eigenvalue weighted by molar-refractivity contribution is 0.0850. The van der Waals surface area contributed by atoms with Crippen molar-refractivity contribution in [2.45, 2.75) is 6.29 Å². The van der Waals surface area contributed by atoms with Gasteiger partial charge in [-0.1, -0.05) is 6.58 Å². The van der Waals surface area contributed by atoms with Gasteiger partial charge in [0.15, 0.2) is 0 Å². The predicted octanol–water partition coefficient (Wildman–Crippen LogP) is 0.683. The Kier molecular flexibility index (Phi) is 3.41. The van der Waals surface area contributed by atoms with Crippen LogP contribution in [0.3, 0.4) is 0 Å². The van der Waals surface area contributed by atoms with Gasteiger partial charge >= 0.3 is 6.16 Å². The molecule has 0 amide bonds. The molecule has 5 heteroatoms. The van der Waals surface area contributed by atoms with Crippen molar-refractivity contribution < 1.29 is 24.8 Å². The lowest BCUT2D eigenvalue weighted by atomic mass is 10.7.